The molecule has 8 rings (SSSR count). The fourth-order valence-corrected chi connectivity index (χ4v) is 4.28. The van der Waals surface area contributed by atoms with Gasteiger partial charge in [0.05, 0.1) is 0 Å². The van der Waals surface area contributed by atoms with Gasteiger partial charge in [-0.2, -0.15) is 70.1 Å². The van der Waals surface area contributed by atoms with Crippen LogP contribution in [0.5, 0.6) is 0 Å². The zero-order valence-corrected chi connectivity index (χ0v) is 36.2. The molecule has 0 unspecified atom stereocenters. The third-order valence-electron chi connectivity index (χ3n) is 6.19. The molecule has 0 aromatic heterocycles. The summed E-state index contributed by atoms with van der Waals surface area (Å²) in [5.74, 6) is 0. The van der Waals surface area contributed by atoms with Crippen LogP contribution in [0.15, 0.2) is 170 Å². The van der Waals surface area contributed by atoms with E-state index in [0.717, 1.165) is 19.0 Å². The van der Waals surface area contributed by atoms with Crippen molar-refractivity contribution in [2.45, 2.75) is 26.2 Å². The topological polar surface area (TPSA) is 0 Å². The van der Waals surface area contributed by atoms with Crippen LogP contribution >= 0.6 is 0 Å². The van der Waals surface area contributed by atoms with E-state index in [4.69, 9.17) is 0 Å². The number of benzene rings is 4. The van der Waals surface area contributed by atoms with Crippen molar-refractivity contribution in [3.05, 3.63) is 170 Å². The Bertz CT molecular complexity index is 1430. The Hall–Kier alpha value is -1.71. The van der Waals surface area contributed by atoms with Crippen LogP contribution in [-0.2, 0) is 52.4 Å². The molecule has 0 nitrogen and oxygen atoms in total. The van der Waals surface area contributed by atoms with Crippen LogP contribution in [0.3, 0.4) is 0 Å². The monoisotopic (exact) mass is 870 g/mol. The summed E-state index contributed by atoms with van der Waals surface area (Å²) in [5, 5.41) is 10.6. The smallest absolute Gasteiger partial charge is 1.00 e. The molecule has 6 radical (unpaired) electrons. The van der Waals surface area contributed by atoms with Crippen LogP contribution in [0.25, 0.3) is 43.1 Å². The molecule has 0 spiro atoms. The standard InChI is InChI=1S/4C9H7.2C2H6Si.BrH.ClH.2Zr/c4*1-2-5-9-7-3-6-8(9)4-1;2*1-3-2;;;;/h4*1-7H;2*1-2H3;2*1H;;/q4*-1;;;;;2*+3/p-2. The summed E-state index contributed by atoms with van der Waals surface area (Å²) in [7, 11) is 2.17. The average Bonchev–Trinajstić information content (AvgIpc) is 3.85. The molecule has 8 aromatic carbocycles. The normalized spacial score (nSPS) is 8.78. The van der Waals surface area contributed by atoms with E-state index in [1.165, 1.54) is 43.1 Å². The molecule has 46 heavy (non-hydrogen) atoms. The third-order valence-corrected chi connectivity index (χ3v) is 6.19. The first-order valence-electron chi connectivity index (χ1n) is 14.3. The fourth-order valence-electron chi connectivity index (χ4n) is 4.28. The molecule has 0 fully saturated rings. The van der Waals surface area contributed by atoms with Gasteiger partial charge < -0.3 is 29.4 Å². The first-order valence-corrected chi connectivity index (χ1v) is 18.3. The van der Waals surface area contributed by atoms with Crippen molar-refractivity contribution in [3.63, 3.8) is 0 Å². The second kappa shape index (κ2) is 28.3. The van der Waals surface area contributed by atoms with Gasteiger partial charge in [0.15, 0.2) is 0 Å². The Morgan fingerprint density at radius 3 is 0.696 bits per heavy atom. The van der Waals surface area contributed by atoms with Crippen LogP contribution in [0, 0.1) is 0 Å². The van der Waals surface area contributed by atoms with E-state index in [1.807, 2.05) is 0 Å². The summed E-state index contributed by atoms with van der Waals surface area (Å²) in [4.78, 5) is 0. The number of hydrogen-bond donors (Lipinski definition) is 0. The summed E-state index contributed by atoms with van der Waals surface area (Å²) >= 11 is 0. The van der Waals surface area contributed by atoms with Crippen molar-refractivity contribution >= 4 is 62.1 Å². The Balaban J connectivity index is 0. The zero-order chi connectivity index (χ0) is 29.8. The summed E-state index contributed by atoms with van der Waals surface area (Å²) in [5.41, 5.74) is 0. The molecule has 0 saturated carbocycles. The van der Waals surface area contributed by atoms with E-state index in [1.54, 1.807) is 0 Å². The van der Waals surface area contributed by atoms with Crippen molar-refractivity contribution < 1.29 is 81.8 Å². The number of fused-ring (bicyclic) bond motifs is 4. The third kappa shape index (κ3) is 16.4. The van der Waals surface area contributed by atoms with E-state index in [0.29, 0.717) is 0 Å². The van der Waals surface area contributed by atoms with Crippen LogP contribution in [0.1, 0.15) is 0 Å². The largest absolute Gasteiger partial charge is 3.00 e. The Morgan fingerprint density at radius 2 is 0.522 bits per heavy atom. The number of hydrogen-bond acceptors (Lipinski definition) is 0. The van der Waals surface area contributed by atoms with Gasteiger partial charge >= 0.3 is 52.4 Å². The molecule has 0 N–H and O–H groups in total. The molecule has 0 heterocycles. The molecule has 0 aliphatic heterocycles. The predicted octanol–water partition coefficient (Wildman–Crippen LogP) is 5.81. The molecule has 0 saturated heterocycles. The zero-order valence-electron chi connectivity index (χ0n) is 26.9. The maximum Gasteiger partial charge on any atom is 3.00 e. The molecular formula is C40H40BrClSi2Zr2. The average molecular weight is 875 g/mol. The van der Waals surface area contributed by atoms with Crippen molar-refractivity contribution in [1.29, 1.82) is 0 Å². The minimum absolute atomic E-state index is 0. The summed E-state index contributed by atoms with van der Waals surface area (Å²) in [6, 6.07) is 58.7. The van der Waals surface area contributed by atoms with E-state index >= 15 is 0 Å². The minimum Gasteiger partial charge on any atom is -1.00 e. The van der Waals surface area contributed by atoms with E-state index in [2.05, 4.69) is 196 Å². The van der Waals surface area contributed by atoms with Gasteiger partial charge in [-0.3, -0.25) is 0 Å². The van der Waals surface area contributed by atoms with Crippen LogP contribution in [0.2, 0.25) is 26.2 Å². The minimum atomic E-state index is 0. The van der Waals surface area contributed by atoms with Crippen molar-refractivity contribution in [3.8, 4) is 0 Å². The number of halogens is 2. The fraction of sp³-hybridized carbons (Fsp3) is 0.100. The van der Waals surface area contributed by atoms with Gasteiger partial charge in [-0.15, -0.1) is 119 Å². The summed E-state index contributed by atoms with van der Waals surface area (Å²) in [6.45, 7) is 8.61. The number of rotatable bonds is 0. The Morgan fingerprint density at radius 1 is 0.348 bits per heavy atom. The Labute approximate surface area is 336 Å². The second-order valence-electron chi connectivity index (χ2n) is 9.62. The molecular weight excluding hydrogens is 834 g/mol. The first kappa shape index (κ1) is 46.4. The summed E-state index contributed by atoms with van der Waals surface area (Å²) in [6.07, 6.45) is 0. The second-order valence-corrected chi connectivity index (χ2v) is 11.6. The maximum absolute atomic E-state index is 2.15. The van der Waals surface area contributed by atoms with Crippen LogP contribution in [-0.4, -0.2) is 19.0 Å². The van der Waals surface area contributed by atoms with Gasteiger partial charge in [0.1, 0.15) is 0 Å². The van der Waals surface area contributed by atoms with Crippen molar-refractivity contribution in [2.24, 2.45) is 0 Å². The van der Waals surface area contributed by atoms with Gasteiger partial charge in [-0.1, -0.05) is 50.5 Å². The van der Waals surface area contributed by atoms with E-state index in [9.17, 15) is 0 Å². The molecule has 8 aromatic rings. The Kier molecular flexibility index (Phi) is 28.6. The van der Waals surface area contributed by atoms with Crippen LogP contribution in [0.4, 0.5) is 0 Å². The van der Waals surface area contributed by atoms with Crippen LogP contribution < -0.4 is 29.4 Å². The molecule has 6 heteroatoms. The van der Waals surface area contributed by atoms with Gasteiger partial charge in [0.25, 0.3) is 0 Å². The van der Waals surface area contributed by atoms with E-state index in [-0.39, 0.29) is 81.8 Å². The molecule has 0 atom stereocenters. The predicted molar refractivity (Wildman–Crippen MR) is 193 cm³/mol. The first-order chi connectivity index (χ1) is 20.7. The van der Waals surface area contributed by atoms with Gasteiger partial charge in [0.2, 0.25) is 0 Å². The summed E-state index contributed by atoms with van der Waals surface area (Å²) < 4.78 is 0. The molecule has 0 bridgehead atoms. The quantitative estimate of drug-likeness (QED) is 0.134. The molecule has 230 valence electrons. The van der Waals surface area contributed by atoms with Gasteiger partial charge in [0, 0.05) is 19.0 Å². The van der Waals surface area contributed by atoms with Gasteiger partial charge in [-0.05, 0) is 0 Å². The SMILES string of the molecule is C[Si]C.C[Si]C.[Br-].[Cl-].[Zr+3].[Zr+3].c1ccc2[cH-]ccc2c1.c1ccc2[cH-]ccc2c1.c1ccc2[cH-]ccc2c1.c1ccc2[cH-]ccc2c1. The molecule has 0 aliphatic rings. The van der Waals surface area contributed by atoms with E-state index < -0.39 is 0 Å². The maximum atomic E-state index is 2.15. The molecule has 0 amide bonds. The van der Waals surface area contributed by atoms with Crippen molar-refractivity contribution in [2.75, 3.05) is 0 Å². The van der Waals surface area contributed by atoms with Gasteiger partial charge in [-0.25, -0.2) is 0 Å². The molecule has 0 aliphatic carbocycles. The van der Waals surface area contributed by atoms with Crippen molar-refractivity contribution in [1.82, 2.24) is 0 Å².